The van der Waals surface area contributed by atoms with Gasteiger partial charge in [-0.3, -0.25) is 9.59 Å². The second kappa shape index (κ2) is 12.2. The predicted octanol–water partition coefficient (Wildman–Crippen LogP) is 5.38. The van der Waals surface area contributed by atoms with Crippen molar-refractivity contribution in [2.75, 3.05) is 26.3 Å². The number of benzene rings is 4. The van der Waals surface area contributed by atoms with E-state index in [9.17, 15) is 9.59 Å². The van der Waals surface area contributed by atoms with Crippen LogP contribution >= 0.6 is 0 Å². The van der Waals surface area contributed by atoms with E-state index in [1.165, 1.54) is 0 Å². The summed E-state index contributed by atoms with van der Waals surface area (Å²) in [6, 6.07) is 33.3. The van der Waals surface area contributed by atoms with Crippen molar-refractivity contribution < 1.29 is 28.5 Å². The fourth-order valence-electron chi connectivity index (χ4n) is 6.06. The molecule has 0 aromatic heterocycles. The summed E-state index contributed by atoms with van der Waals surface area (Å²) < 4.78 is 24.8. The first-order chi connectivity index (χ1) is 21.7. The minimum atomic E-state index is -0.720. The van der Waals surface area contributed by atoms with E-state index in [4.69, 9.17) is 18.9 Å². The molecule has 0 spiro atoms. The molecule has 222 valence electrons. The minimum Gasteiger partial charge on any atom is -0.489 e. The van der Waals surface area contributed by atoms with E-state index >= 15 is 0 Å². The highest BCUT2D eigenvalue weighted by molar-refractivity contribution is 5.91. The predicted molar refractivity (Wildman–Crippen MR) is 164 cm³/mol. The summed E-state index contributed by atoms with van der Waals surface area (Å²) in [6.07, 6.45) is 2.38. The number of amides is 2. The lowest BCUT2D eigenvalue weighted by molar-refractivity contribution is -0.172. The number of para-hydroxylation sites is 4. The molecule has 3 heterocycles. The Labute approximate surface area is 256 Å². The molecule has 2 amide bonds. The first-order valence-electron chi connectivity index (χ1n) is 14.8. The van der Waals surface area contributed by atoms with Crippen molar-refractivity contribution in [3.63, 3.8) is 0 Å². The molecule has 3 aliphatic heterocycles. The lowest BCUT2D eigenvalue weighted by Gasteiger charge is -2.51. The van der Waals surface area contributed by atoms with Gasteiger partial charge >= 0.3 is 0 Å². The topological polar surface area (TPSA) is 77.5 Å². The van der Waals surface area contributed by atoms with Crippen molar-refractivity contribution in [2.24, 2.45) is 0 Å². The fraction of sp³-hybridized carbons (Fsp3) is 0.222. The van der Waals surface area contributed by atoms with Gasteiger partial charge in [-0.15, -0.1) is 0 Å². The van der Waals surface area contributed by atoms with Crippen molar-refractivity contribution in [1.82, 2.24) is 9.80 Å². The van der Waals surface area contributed by atoms with Gasteiger partial charge in [0.1, 0.15) is 48.3 Å². The molecule has 0 N–H and O–H groups in total. The van der Waals surface area contributed by atoms with E-state index < -0.39 is 24.3 Å². The average Bonchev–Trinajstić information content (AvgIpc) is 3.07. The van der Waals surface area contributed by atoms with Crippen molar-refractivity contribution >= 4 is 11.8 Å². The van der Waals surface area contributed by atoms with E-state index in [1.54, 1.807) is 9.80 Å². The summed E-state index contributed by atoms with van der Waals surface area (Å²) in [4.78, 5) is 30.8. The Morgan fingerprint density at radius 1 is 0.523 bits per heavy atom. The van der Waals surface area contributed by atoms with Gasteiger partial charge in [0, 0.05) is 24.2 Å². The van der Waals surface area contributed by atoms with Gasteiger partial charge in [0.2, 0.25) is 12.2 Å². The van der Waals surface area contributed by atoms with Crippen LogP contribution in [-0.2, 0) is 9.59 Å². The zero-order chi connectivity index (χ0) is 29.9. The second-order valence-corrected chi connectivity index (χ2v) is 10.8. The Kier molecular flexibility index (Phi) is 7.63. The van der Waals surface area contributed by atoms with E-state index in [2.05, 4.69) is 0 Å². The fourth-order valence-corrected chi connectivity index (χ4v) is 6.06. The van der Waals surface area contributed by atoms with E-state index in [-0.39, 0.29) is 11.8 Å². The highest BCUT2D eigenvalue weighted by atomic mass is 16.5. The highest BCUT2D eigenvalue weighted by Gasteiger charge is 2.54. The molecule has 0 unspecified atom stereocenters. The van der Waals surface area contributed by atoms with Crippen LogP contribution in [0.1, 0.15) is 23.2 Å². The third-order valence-corrected chi connectivity index (χ3v) is 8.20. The van der Waals surface area contributed by atoms with Gasteiger partial charge in [0.15, 0.2) is 0 Å². The van der Waals surface area contributed by atoms with Crippen LogP contribution in [0.25, 0.3) is 0 Å². The SMILES string of the molecule is O=C1[C@@H](Oc2ccccc2)[C@H]2c3ccccc3OC/C=C/COc3ccccc3[C@H]3[C@@H](Oc4ccccc4)C(=O)N3CCN12. The average molecular weight is 589 g/mol. The Morgan fingerprint density at radius 3 is 1.34 bits per heavy atom. The molecule has 8 heteroatoms. The standard InChI is InChI=1S/C36H32N2O6/c39-35-33(43-25-13-3-1-4-14-25)31-27-17-7-9-19-29(27)41-23-11-12-24-42-30-20-10-8-18-28(30)32-34(44-26-15-5-2-6-16-26)36(40)38(32)22-21-37(31)35/h1-20,31-34H,21-24H2/b12-11+/t31-,32+,33+,34-. The summed E-state index contributed by atoms with van der Waals surface area (Å²) in [5.41, 5.74) is 1.71. The quantitative estimate of drug-likeness (QED) is 0.236. The molecule has 2 fully saturated rings. The third-order valence-electron chi connectivity index (χ3n) is 8.20. The smallest absolute Gasteiger partial charge is 0.266 e. The number of rotatable bonds is 4. The van der Waals surface area contributed by atoms with E-state index in [0.717, 1.165) is 11.1 Å². The number of nitrogens with zero attached hydrogens (tertiary/aromatic N) is 2. The van der Waals surface area contributed by atoms with Crippen molar-refractivity contribution in [2.45, 2.75) is 24.3 Å². The number of hydrogen-bond donors (Lipinski definition) is 0. The summed E-state index contributed by atoms with van der Waals surface area (Å²) in [5, 5.41) is 0. The molecule has 2 saturated heterocycles. The van der Waals surface area contributed by atoms with E-state index in [1.807, 2.05) is 121 Å². The summed E-state index contributed by atoms with van der Waals surface area (Å²) >= 11 is 0. The summed E-state index contributed by atoms with van der Waals surface area (Å²) in [7, 11) is 0. The molecule has 8 nitrogen and oxygen atoms in total. The maximum absolute atomic E-state index is 13.6. The van der Waals surface area contributed by atoms with Crippen molar-refractivity contribution in [3.05, 3.63) is 132 Å². The molecular formula is C36H32N2O6. The van der Waals surface area contributed by atoms with Gasteiger partial charge in [-0.05, 0) is 48.6 Å². The zero-order valence-corrected chi connectivity index (χ0v) is 24.0. The Morgan fingerprint density at radius 2 is 0.909 bits per heavy atom. The molecule has 7 rings (SSSR count). The Hall–Kier alpha value is -5.24. The monoisotopic (exact) mass is 588 g/mol. The van der Waals surface area contributed by atoms with Crippen LogP contribution < -0.4 is 18.9 Å². The molecule has 0 bridgehead atoms. The van der Waals surface area contributed by atoms with Crippen molar-refractivity contribution in [1.29, 1.82) is 0 Å². The minimum absolute atomic E-state index is 0.139. The van der Waals surface area contributed by atoms with Crippen LogP contribution in [0.2, 0.25) is 0 Å². The van der Waals surface area contributed by atoms with Crippen molar-refractivity contribution in [3.8, 4) is 23.0 Å². The molecule has 4 aromatic rings. The molecule has 3 aliphatic rings. The molecule has 0 saturated carbocycles. The molecule has 4 aromatic carbocycles. The van der Waals surface area contributed by atoms with Gasteiger partial charge in [-0.25, -0.2) is 0 Å². The maximum Gasteiger partial charge on any atom is 0.266 e. The molecule has 4 atom stereocenters. The number of β-lactam (4-membered cyclic amide) rings is 2. The van der Waals surface area contributed by atoms with Crippen LogP contribution in [0.3, 0.4) is 0 Å². The number of fused-ring (bicyclic) bond motifs is 6. The second-order valence-electron chi connectivity index (χ2n) is 10.8. The van der Waals surface area contributed by atoms with Crippen LogP contribution in [-0.4, -0.2) is 60.1 Å². The summed E-state index contributed by atoms with van der Waals surface area (Å²) in [6.45, 7) is 1.31. The van der Waals surface area contributed by atoms with Gasteiger partial charge in [0.25, 0.3) is 11.8 Å². The van der Waals surface area contributed by atoms with E-state index in [0.29, 0.717) is 49.3 Å². The molecule has 0 radical (unpaired) electrons. The Bertz CT molecular complexity index is 1540. The van der Waals surface area contributed by atoms with Gasteiger partial charge in [0.05, 0.1) is 0 Å². The number of carbonyl (C=O) groups is 2. The number of hydrogen-bond acceptors (Lipinski definition) is 6. The summed E-state index contributed by atoms with van der Waals surface area (Å²) in [5.74, 6) is 2.31. The van der Waals surface area contributed by atoms with Gasteiger partial charge in [-0.1, -0.05) is 72.8 Å². The molecule has 44 heavy (non-hydrogen) atoms. The van der Waals surface area contributed by atoms with Gasteiger partial charge in [-0.2, -0.15) is 0 Å². The molecular weight excluding hydrogens is 556 g/mol. The van der Waals surface area contributed by atoms with Crippen LogP contribution in [0.5, 0.6) is 23.0 Å². The van der Waals surface area contributed by atoms with Crippen LogP contribution in [0.15, 0.2) is 121 Å². The largest absolute Gasteiger partial charge is 0.489 e. The highest BCUT2D eigenvalue weighted by Crippen LogP contribution is 2.44. The maximum atomic E-state index is 13.6. The van der Waals surface area contributed by atoms with Gasteiger partial charge < -0.3 is 28.7 Å². The molecule has 0 aliphatic carbocycles. The normalized spacial score (nSPS) is 23.6. The number of carbonyl (C=O) groups excluding carboxylic acids is 2. The lowest BCUT2D eigenvalue weighted by atomic mass is 9.88. The zero-order valence-electron chi connectivity index (χ0n) is 24.0. The first-order valence-corrected chi connectivity index (χ1v) is 14.8. The third kappa shape index (κ3) is 5.24. The first kappa shape index (κ1) is 27.6. The van der Waals surface area contributed by atoms with Crippen LogP contribution in [0, 0.1) is 0 Å². The van der Waals surface area contributed by atoms with Crippen LogP contribution in [0.4, 0.5) is 0 Å². The lowest BCUT2D eigenvalue weighted by Crippen LogP contribution is -2.66. The Balaban J connectivity index is 1.22. The number of ether oxygens (including phenoxy) is 4.